The number of hydrogen-bond donors (Lipinski definition) is 0. The van der Waals surface area contributed by atoms with Crippen LogP contribution in [0, 0.1) is 0 Å². The van der Waals surface area contributed by atoms with Crippen molar-refractivity contribution in [2.24, 2.45) is 7.05 Å². The van der Waals surface area contributed by atoms with E-state index in [-0.39, 0.29) is 5.25 Å². The van der Waals surface area contributed by atoms with Crippen LogP contribution in [0.2, 0.25) is 0 Å². The third-order valence-corrected chi connectivity index (χ3v) is 4.00. The van der Waals surface area contributed by atoms with E-state index in [0.717, 1.165) is 22.9 Å². The molecule has 0 aliphatic heterocycles. The molecule has 2 nitrogen and oxygen atoms in total. The molecule has 0 aliphatic carbocycles. The molecule has 1 heterocycles. The molecule has 0 saturated carbocycles. The van der Waals surface area contributed by atoms with E-state index in [4.69, 9.17) is 0 Å². The predicted molar refractivity (Wildman–Crippen MR) is 68.9 cm³/mol. The smallest absolute Gasteiger partial charge is 0.329 e. The van der Waals surface area contributed by atoms with Gasteiger partial charge in [0.1, 0.15) is 0 Å². The van der Waals surface area contributed by atoms with Crippen molar-refractivity contribution in [3.63, 3.8) is 0 Å². The first-order valence-corrected chi connectivity index (χ1v) is 6.57. The molecule has 0 saturated heterocycles. The maximum atomic E-state index is 12.5. The van der Waals surface area contributed by atoms with Gasteiger partial charge in [-0.25, -0.2) is 4.98 Å². The zero-order valence-corrected chi connectivity index (χ0v) is 11.3. The van der Waals surface area contributed by atoms with Crippen LogP contribution >= 0.6 is 11.8 Å². The van der Waals surface area contributed by atoms with Crippen LogP contribution in [0.5, 0.6) is 0 Å². The van der Waals surface area contributed by atoms with Crippen LogP contribution in [0.15, 0.2) is 41.8 Å². The summed E-state index contributed by atoms with van der Waals surface area (Å²) >= 11 is 1.51. The van der Waals surface area contributed by atoms with Crippen LogP contribution in [0.25, 0.3) is 0 Å². The lowest BCUT2D eigenvalue weighted by atomic mass is 10.1. The molecular weight excluding hydrogens is 273 g/mol. The largest absolute Gasteiger partial charge is 0.416 e. The van der Waals surface area contributed by atoms with Crippen molar-refractivity contribution in [2.45, 2.75) is 23.5 Å². The molecule has 19 heavy (non-hydrogen) atoms. The van der Waals surface area contributed by atoms with Gasteiger partial charge in [0.2, 0.25) is 0 Å². The van der Waals surface area contributed by atoms with Crippen LogP contribution < -0.4 is 0 Å². The summed E-state index contributed by atoms with van der Waals surface area (Å²) in [6, 6.07) is 5.27. The monoisotopic (exact) mass is 286 g/mol. The maximum Gasteiger partial charge on any atom is 0.416 e. The number of aryl methyl sites for hydroxylation is 1. The van der Waals surface area contributed by atoms with Gasteiger partial charge >= 0.3 is 6.18 Å². The van der Waals surface area contributed by atoms with Crippen molar-refractivity contribution in [1.82, 2.24) is 9.55 Å². The molecule has 1 aromatic heterocycles. The molecule has 102 valence electrons. The van der Waals surface area contributed by atoms with E-state index < -0.39 is 11.7 Å². The number of rotatable bonds is 3. The van der Waals surface area contributed by atoms with Crippen molar-refractivity contribution in [3.05, 3.63) is 47.8 Å². The second-order valence-electron chi connectivity index (χ2n) is 4.20. The number of thioether (sulfide) groups is 1. The lowest BCUT2D eigenvalue weighted by Crippen LogP contribution is -2.04. The first kappa shape index (κ1) is 14.0. The van der Waals surface area contributed by atoms with Crippen LogP contribution in [-0.2, 0) is 13.2 Å². The van der Waals surface area contributed by atoms with E-state index in [2.05, 4.69) is 4.98 Å². The molecule has 0 spiro atoms. The summed E-state index contributed by atoms with van der Waals surface area (Å²) in [5.41, 5.74) is 0.228. The number of halogens is 3. The Morgan fingerprint density at radius 2 is 1.84 bits per heavy atom. The van der Waals surface area contributed by atoms with Crippen molar-refractivity contribution in [1.29, 1.82) is 0 Å². The Kier molecular flexibility index (Phi) is 3.89. The molecule has 0 aliphatic rings. The first-order chi connectivity index (χ1) is 8.88. The fourth-order valence-electron chi connectivity index (χ4n) is 1.63. The third-order valence-electron chi connectivity index (χ3n) is 2.77. The van der Waals surface area contributed by atoms with Gasteiger partial charge in [-0.05, 0) is 24.6 Å². The highest BCUT2D eigenvalue weighted by atomic mass is 32.2. The summed E-state index contributed by atoms with van der Waals surface area (Å²) in [5.74, 6) is 0. The van der Waals surface area contributed by atoms with Gasteiger partial charge < -0.3 is 4.57 Å². The Morgan fingerprint density at radius 1 is 1.21 bits per heavy atom. The Balaban J connectivity index is 2.12. The van der Waals surface area contributed by atoms with Crippen LogP contribution in [0.1, 0.15) is 23.3 Å². The second-order valence-corrected chi connectivity index (χ2v) is 5.51. The van der Waals surface area contributed by atoms with E-state index in [1.807, 2.05) is 24.7 Å². The number of nitrogens with zero attached hydrogens (tertiary/aromatic N) is 2. The highest BCUT2D eigenvalue weighted by Gasteiger charge is 2.30. The highest BCUT2D eigenvalue weighted by molar-refractivity contribution is 7.99. The fourth-order valence-corrected chi connectivity index (χ4v) is 2.59. The SMILES string of the molecule is C[C@@H](Sc1nccn1C)c1ccc(C(F)(F)F)cc1. The van der Waals surface area contributed by atoms with Crippen molar-refractivity contribution < 1.29 is 13.2 Å². The zero-order valence-electron chi connectivity index (χ0n) is 10.5. The summed E-state index contributed by atoms with van der Waals surface area (Å²) in [6.45, 7) is 1.95. The van der Waals surface area contributed by atoms with E-state index in [1.54, 1.807) is 6.20 Å². The number of imidazole rings is 1. The van der Waals surface area contributed by atoms with E-state index in [0.29, 0.717) is 0 Å². The first-order valence-electron chi connectivity index (χ1n) is 5.69. The standard InChI is InChI=1S/C13H13F3N2S/c1-9(19-12-17-7-8-18(12)2)10-3-5-11(6-4-10)13(14,15)16/h3-9H,1-2H3/t9-/m1/s1. The molecule has 1 atom stereocenters. The molecule has 2 rings (SSSR count). The van der Waals surface area contributed by atoms with Gasteiger partial charge in [-0.1, -0.05) is 23.9 Å². The van der Waals surface area contributed by atoms with E-state index in [9.17, 15) is 13.2 Å². The molecule has 0 bridgehead atoms. The Hall–Kier alpha value is -1.43. The van der Waals surface area contributed by atoms with Gasteiger partial charge in [-0.3, -0.25) is 0 Å². The van der Waals surface area contributed by atoms with E-state index in [1.165, 1.54) is 23.9 Å². The molecular formula is C13H13F3N2S. The number of alkyl halides is 3. The maximum absolute atomic E-state index is 12.5. The molecule has 1 aromatic carbocycles. The Morgan fingerprint density at radius 3 is 2.32 bits per heavy atom. The minimum absolute atomic E-state index is 0.0448. The quantitative estimate of drug-likeness (QED) is 0.783. The average Bonchev–Trinajstić information content (AvgIpc) is 2.74. The van der Waals surface area contributed by atoms with Gasteiger partial charge in [0, 0.05) is 24.7 Å². The Bertz CT molecular complexity index is 546. The molecule has 0 unspecified atom stereocenters. The number of aromatic nitrogens is 2. The molecule has 0 radical (unpaired) electrons. The molecule has 0 amide bonds. The van der Waals surface area contributed by atoms with E-state index >= 15 is 0 Å². The van der Waals surface area contributed by atoms with Gasteiger partial charge in [0.25, 0.3) is 0 Å². The highest BCUT2D eigenvalue weighted by Crippen LogP contribution is 2.35. The minimum Gasteiger partial charge on any atom is -0.329 e. The summed E-state index contributed by atoms with van der Waals surface area (Å²) in [4.78, 5) is 4.18. The summed E-state index contributed by atoms with van der Waals surface area (Å²) in [6.07, 6.45) is -0.752. The Labute approximate surface area is 113 Å². The van der Waals surface area contributed by atoms with Crippen LogP contribution in [0.4, 0.5) is 13.2 Å². The third kappa shape index (κ3) is 3.32. The molecule has 2 aromatic rings. The molecule has 0 N–H and O–H groups in total. The normalized spacial score (nSPS) is 13.5. The lowest BCUT2D eigenvalue weighted by Gasteiger charge is -2.13. The molecule has 6 heteroatoms. The van der Waals surface area contributed by atoms with Gasteiger partial charge in [-0.2, -0.15) is 13.2 Å². The predicted octanol–water partition coefficient (Wildman–Crippen LogP) is 4.29. The summed E-state index contributed by atoms with van der Waals surface area (Å²) in [5, 5.41) is 0.885. The summed E-state index contributed by atoms with van der Waals surface area (Å²) < 4.78 is 39.3. The zero-order chi connectivity index (χ0) is 14.0. The minimum atomic E-state index is -4.28. The van der Waals surface area contributed by atoms with Gasteiger partial charge in [0.15, 0.2) is 5.16 Å². The topological polar surface area (TPSA) is 17.8 Å². The van der Waals surface area contributed by atoms with Crippen molar-refractivity contribution in [2.75, 3.05) is 0 Å². The van der Waals surface area contributed by atoms with Crippen LogP contribution in [0.3, 0.4) is 0 Å². The van der Waals surface area contributed by atoms with Crippen LogP contribution in [-0.4, -0.2) is 9.55 Å². The summed E-state index contributed by atoms with van der Waals surface area (Å²) in [7, 11) is 1.88. The van der Waals surface area contributed by atoms with Crippen molar-refractivity contribution in [3.8, 4) is 0 Å². The fraction of sp³-hybridized carbons (Fsp3) is 0.308. The van der Waals surface area contributed by atoms with Crippen molar-refractivity contribution >= 4 is 11.8 Å². The number of hydrogen-bond acceptors (Lipinski definition) is 2. The lowest BCUT2D eigenvalue weighted by molar-refractivity contribution is -0.137. The average molecular weight is 286 g/mol. The van der Waals surface area contributed by atoms with Gasteiger partial charge in [0.05, 0.1) is 5.56 Å². The second kappa shape index (κ2) is 5.28. The number of benzene rings is 1. The molecule has 0 fully saturated rings. The van der Waals surface area contributed by atoms with Gasteiger partial charge in [-0.15, -0.1) is 0 Å².